The van der Waals surface area contributed by atoms with Crippen LogP contribution in [0.4, 0.5) is 11.6 Å². The highest BCUT2D eigenvalue weighted by Gasteiger charge is 2.37. The molecule has 70 heavy (non-hydrogen) atoms. The smallest absolute Gasteiger partial charge is 0.248 e. The Morgan fingerprint density at radius 2 is 1.19 bits per heavy atom. The quantitative estimate of drug-likeness (QED) is 0.0733. The largest absolute Gasteiger partial charge is 0.457 e. The lowest BCUT2D eigenvalue weighted by molar-refractivity contribution is -0.142. The maximum Gasteiger partial charge on any atom is 0.248 e. The van der Waals surface area contributed by atoms with E-state index in [0.29, 0.717) is 89.0 Å². The predicted octanol–water partition coefficient (Wildman–Crippen LogP) is 8.46. The molecule has 2 amide bonds. The predicted molar refractivity (Wildman–Crippen MR) is 266 cm³/mol. The van der Waals surface area contributed by atoms with Gasteiger partial charge in [0, 0.05) is 37.3 Å². The maximum atomic E-state index is 14.7. The molecule has 2 unspecified atom stereocenters. The van der Waals surface area contributed by atoms with Crippen molar-refractivity contribution in [1.82, 2.24) is 49.3 Å². The Hall–Kier alpha value is -8.57. The number of nitrogens with one attached hydrogen (secondary N) is 1. The van der Waals surface area contributed by atoms with Crippen LogP contribution >= 0.6 is 0 Å². The topological polar surface area (TPSA) is 201 Å². The molecule has 2 saturated heterocycles. The van der Waals surface area contributed by atoms with E-state index in [1.807, 2.05) is 119 Å². The van der Waals surface area contributed by atoms with Crippen molar-refractivity contribution < 1.29 is 23.9 Å². The highest BCUT2D eigenvalue weighted by atomic mass is 16.5. The number of ketones is 1. The second kappa shape index (κ2) is 20.0. The minimum absolute atomic E-state index is 0.132. The van der Waals surface area contributed by atoms with Crippen LogP contribution in [0, 0.1) is 5.92 Å². The van der Waals surface area contributed by atoms with Crippen LogP contribution in [0.25, 0.3) is 44.6 Å². The van der Waals surface area contributed by atoms with Gasteiger partial charge in [-0.1, -0.05) is 49.6 Å². The molecule has 4 aromatic carbocycles. The van der Waals surface area contributed by atoms with Gasteiger partial charge < -0.3 is 25.4 Å². The molecule has 0 spiro atoms. The van der Waals surface area contributed by atoms with Crippen molar-refractivity contribution in [2.24, 2.45) is 5.92 Å². The van der Waals surface area contributed by atoms with Gasteiger partial charge in [-0.15, -0.1) is 0 Å². The second-order valence-corrected chi connectivity index (χ2v) is 17.3. The summed E-state index contributed by atoms with van der Waals surface area (Å²) in [6, 6.07) is 33.8. The van der Waals surface area contributed by atoms with Gasteiger partial charge in [0.2, 0.25) is 11.8 Å². The number of rotatable bonds is 15. The van der Waals surface area contributed by atoms with E-state index in [0.717, 1.165) is 29.7 Å². The summed E-state index contributed by atoms with van der Waals surface area (Å²) in [4.78, 5) is 63.1. The van der Waals surface area contributed by atoms with Crippen LogP contribution in [0.3, 0.4) is 0 Å². The fourth-order valence-electron chi connectivity index (χ4n) is 9.42. The van der Waals surface area contributed by atoms with Crippen molar-refractivity contribution in [3.63, 3.8) is 0 Å². The Labute approximate surface area is 403 Å². The van der Waals surface area contributed by atoms with Crippen molar-refractivity contribution in [3.8, 4) is 45.5 Å². The van der Waals surface area contributed by atoms with Gasteiger partial charge in [0.05, 0.1) is 22.9 Å². The normalized spacial score (nSPS) is 16.7. The molecule has 2 fully saturated rings. The zero-order chi connectivity index (χ0) is 48.1. The van der Waals surface area contributed by atoms with E-state index in [9.17, 15) is 14.4 Å². The molecular formula is C53H50N12O5. The molecule has 2 aliphatic heterocycles. The van der Waals surface area contributed by atoms with Crippen molar-refractivity contribution in [1.29, 1.82) is 0 Å². The molecule has 0 bridgehead atoms. The van der Waals surface area contributed by atoms with E-state index in [4.69, 9.17) is 25.4 Å². The van der Waals surface area contributed by atoms with E-state index in [-0.39, 0.29) is 42.7 Å². The Morgan fingerprint density at radius 1 is 0.657 bits per heavy atom. The molecule has 3 atom stereocenters. The second-order valence-electron chi connectivity index (χ2n) is 17.3. The zero-order valence-electron chi connectivity index (χ0n) is 38.3. The fourth-order valence-corrected chi connectivity index (χ4v) is 9.42. The molecule has 4 aromatic heterocycles. The van der Waals surface area contributed by atoms with Gasteiger partial charge in [0.15, 0.2) is 17.1 Å². The number of carbonyl (C=O) groups is 3. The lowest BCUT2D eigenvalue weighted by atomic mass is 9.96. The van der Waals surface area contributed by atoms with E-state index >= 15 is 0 Å². The Balaban J connectivity index is 0.885. The van der Waals surface area contributed by atoms with E-state index in [2.05, 4.69) is 43.3 Å². The first-order chi connectivity index (χ1) is 34.2. The number of anilines is 2. The number of nitrogens with zero attached hydrogens (tertiary/aromatic N) is 10. The summed E-state index contributed by atoms with van der Waals surface area (Å²) >= 11 is 0. The Morgan fingerprint density at radius 3 is 1.77 bits per heavy atom. The highest BCUT2D eigenvalue weighted by Crippen LogP contribution is 2.38. The third kappa shape index (κ3) is 9.33. The minimum Gasteiger partial charge on any atom is -0.457 e. The number of nitrogens with two attached hydrogens (primary N) is 1. The number of hydrogen-bond donors (Lipinski definition) is 2. The number of carbonyl (C=O) groups excluding carboxylic acids is 3. The summed E-state index contributed by atoms with van der Waals surface area (Å²) in [5.74, 6) is 1.31. The van der Waals surface area contributed by atoms with Gasteiger partial charge in [0.1, 0.15) is 64.6 Å². The number of aromatic nitrogens is 8. The molecule has 0 aliphatic carbocycles. The van der Waals surface area contributed by atoms with Crippen LogP contribution in [0.1, 0.15) is 37.8 Å². The number of fused-ring (bicyclic) bond motifs is 2. The summed E-state index contributed by atoms with van der Waals surface area (Å²) in [5, 5.41) is 14.2. The molecule has 17 nitrogen and oxygen atoms in total. The number of para-hydroxylation sites is 2. The lowest BCUT2D eigenvalue weighted by Crippen LogP contribution is -2.50. The van der Waals surface area contributed by atoms with Gasteiger partial charge in [-0.2, -0.15) is 10.2 Å². The number of piperidine rings is 2. The van der Waals surface area contributed by atoms with Gasteiger partial charge in [-0.25, -0.2) is 29.3 Å². The molecule has 17 heteroatoms. The molecule has 10 rings (SSSR count). The number of hydrogen-bond acceptors (Lipinski definition) is 13. The maximum absolute atomic E-state index is 14.7. The summed E-state index contributed by atoms with van der Waals surface area (Å²) in [6.07, 6.45) is 8.20. The molecule has 3 N–H and O–H groups in total. The first kappa shape index (κ1) is 45.2. The average molecular weight is 935 g/mol. The van der Waals surface area contributed by atoms with Gasteiger partial charge in [-0.3, -0.25) is 19.3 Å². The molecule has 8 aromatic rings. The zero-order valence-corrected chi connectivity index (χ0v) is 38.3. The minimum atomic E-state index is -0.987. The number of ether oxygens (including phenoxy) is 2. The lowest BCUT2D eigenvalue weighted by Gasteiger charge is -2.37. The van der Waals surface area contributed by atoms with Gasteiger partial charge >= 0.3 is 0 Å². The van der Waals surface area contributed by atoms with Crippen molar-refractivity contribution in [3.05, 3.63) is 147 Å². The molecule has 0 radical (unpaired) electrons. The van der Waals surface area contributed by atoms with Crippen molar-refractivity contribution >= 4 is 51.3 Å². The third-order valence-electron chi connectivity index (χ3n) is 12.8. The summed E-state index contributed by atoms with van der Waals surface area (Å²) < 4.78 is 15.8. The summed E-state index contributed by atoms with van der Waals surface area (Å²) in [5.41, 5.74) is 10.4. The van der Waals surface area contributed by atoms with E-state index in [1.165, 1.54) is 24.8 Å². The number of allylic oxidation sites excluding steroid dienone is 1. The number of likely N-dealkylation sites (tertiary alicyclic amines) is 2. The molecule has 0 saturated carbocycles. The molecule has 6 heterocycles. The van der Waals surface area contributed by atoms with E-state index < -0.39 is 11.8 Å². The number of amides is 2. The van der Waals surface area contributed by atoms with Crippen LogP contribution in [-0.2, 0) is 14.4 Å². The van der Waals surface area contributed by atoms with E-state index in [1.54, 1.807) is 4.90 Å². The molecular weight excluding hydrogens is 885 g/mol. The Bertz CT molecular complexity index is 3210. The third-order valence-corrected chi connectivity index (χ3v) is 12.8. The number of nitrogen functional groups attached to an aromatic ring is 1. The molecule has 352 valence electrons. The average Bonchev–Trinajstić information content (AvgIpc) is 4.00. The van der Waals surface area contributed by atoms with Crippen LogP contribution in [0.15, 0.2) is 147 Å². The number of benzene rings is 4. The van der Waals surface area contributed by atoms with Crippen LogP contribution in [0.2, 0.25) is 0 Å². The first-order valence-electron chi connectivity index (χ1n) is 23.2. The van der Waals surface area contributed by atoms with Gasteiger partial charge in [0.25, 0.3) is 0 Å². The fraction of sp³-hybridized carbons (Fsp3) is 0.226. The van der Waals surface area contributed by atoms with Gasteiger partial charge in [-0.05, 0) is 117 Å². The SMILES string of the molecule is C=CC(=O)Nc1ncnc2c1c(-c1ccc(Oc3ccccc3)cc1)nn2[C@@H]1CCCN(C(=O)C(CN2CCCC(n3nc(-c4ccc(Oc5ccccc5)cc4)c4c(N)ncnc43)C2)C(=O)C=C)C1. The van der Waals surface area contributed by atoms with Crippen molar-refractivity contribution in [2.45, 2.75) is 37.8 Å². The summed E-state index contributed by atoms with van der Waals surface area (Å²) in [6.45, 7) is 9.56. The van der Waals surface area contributed by atoms with Crippen LogP contribution in [-0.4, -0.2) is 99.6 Å². The van der Waals surface area contributed by atoms with Crippen LogP contribution in [0.5, 0.6) is 23.0 Å². The first-order valence-corrected chi connectivity index (χ1v) is 23.2. The van der Waals surface area contributed by atoms with Crippen LogP contribution < -0.4 is 20.5 Å². The summed E-state index contributed by atoms with van der Waals surface area (Å²) in [7, 11) is 0. The highest BCUT2D eigenvalue weighted by molar-refractivity contribution is 6.08. The standard InChI is InChI=1S/C53H50N12O5/c1-3-43(66)42(31-62-27-11-13-36(29-62)64-51-45(49(54)55-32-57-51)47(60-64)34-19-23-40(24-20-34)69-38-15-7-5-8-16-38)53(68)63-28-12-14-37(30-63)65-52-46(50(56-33-58-52)59-44(67)4-2)48(61-65)35-21-25-41(26-22-35)70-39-17-9-6-10-18-39/h3-10,15-26,32-33,36-37,42H,1-2,11-14,27-31H2,(H2,54,55,57)(H,56,58,59,67)/t36?,37-,42?/m1/s1. The Kier molecular flexibility index (Phi) is 12.9. The monoisotopic (exact) mass is 934 g/mol. The molecule has 2 aliphatic rings. The van der Waals surface area contributed by atoms with Crippen molar-refractivity contribution in [2.75, 3.05) is 43.8 Å².